The first-order valence-corrected chi connectivity index (χ1v) is 4.85. The second-order valence-electron chi connectivity index (χ2n) is 3.07. The topological polar surface area (TPSA) is 9.23 Å². The van der Waals surface area contributed by atoms with Crippen LogP contribution in [0.2, 0.25) is 5.02 Å². The number of hydrogen-bond acceptors (Lipinski definition) is 2. The van der Waals surface area contributed by atoms with Gasteiger partial charge in [0, 0.05) is 5.02 Å². The fourth-order valence-electron chi connectivity index (χ4n) is 1.32. The molecule has 1 nitrogen and oxygen atoms in total. The van der Waals surface area contributed by atoms with Crippen LogP contribution in [0.5, 0.6) is 5.75 Å². The van der Waals surface area contributed by atoms with Gasteiger partial charge in [0.25, 0.3) is 0 Å². The van der Waals surface area contributed by atoms with Crippen LogP contribution in [0.3, 0.4) is 0 Å². The fourth-order valence-corrected chi connectivity index (χ4v) is 1.99. The lowest BCUT2D eigenvalue weighted by Crippen LogP contribution is -1.95. The zero-order valence-electron chi connectivity index (χ0n) is 8.23. The molecule has 0 atom stereocenters. The highest BCUT2D eigenvalue weighted by atomic mass is 35.5. The monoisotopic (exact) mass is 216 g/mol. The summed E-state index contributed by atoms with van der Waals surface area (Å²) in [5.41, 5.74) is 3.10. The number of halogens is 1. The summed E-state index contributed by atoms with van der Waals surface area (Å²) in [5, 5.41) is 0.781. The Kier molecular flexibility index (Phi) is 3.14. The predicted octanol–water partition coefficient (Wildman–Crippen LogP) is 3.56. The zero-order valence-corrected chi connectivity index (χ0v) is 9.88. The first-order chi connectivity index (χ1) is 6.00. The molecular formula is C10H13ClOS. The third-order valence-corrected chi connectivity index (χ3v) is 3.44. The van der Waals surface area contributed by atoms with Crippen molar-refractivity contribution in [2.75, 3.05) is 7.11 Å². The molecule has 0 fully saturated rings. The van der Waals surface area contributed by atoms with Gasteiger partial charge >= 0.3 is 0 Å². The van der Waals surface area contributed by atoms with E-state index in [1.165, 1.54) is 0 Å². The van der Waals surface area contributed by atoms with E-state index in [0.717, 1.165) is 32.4 Å². The molecule has 0 saturated heterocycles. The van der Waals surface area contributed by atoms with Gasteiger partial charge in [0.15, 0.2) is 0 Å². The van der Waals surface area contributed by atoms with E-state index in [2.05, 4.69) is 12.6 Å². The molecule has 0 heterocycles. The molecule has 1 aromatic carbocycles. The van der Waals surface area contributed by atoms with Gasteiger partial charge in [0.2, 0.25) is 0 Å². The Hall–Kier alpha value is -0.340. The summed E-state index contributed by atoms with van der Waals surface area (Å²) in [6.07, 6.45) is 0. The third-order valence-electron chi connectivity index (χ3n) is 2.34. The van der Waals surface area contributed by atoms with Gasteiger partial charge in [0.1, 0.15) is 5.75 Å². The smallest absolute Gasteiger partial charge is 0.135 e. The van der Waals surface area contributed by atoms with E-state index in [4.69, 9.17) is 16.3 Å². The largest absolute Gasteiger partial charge is 0.495 e. The minimum absolute atomic E-state index is 0.781. The van der Waals surface area contributed by atoms with Gasteiger partial charge in [-0.1, -0.05) is 11.6 Å². The maximum Gasteiger partial charge on any atom is 0.135 e. The summed E-state index contributed by atoms with van der Waals surface area (Å²) in [4.78, 5) is 0.829. The van der Waals surface area contributed by atoms with Crippen molar-refractivity contribution in [2.24, 2.45) is 0 Å². The summed E-state index contributed by atoms with van der Waals surface area (Å²) in [5.74, 6) is 0.822. The average molecular weight is 217 g/mol. The van der Waals surface area contributed by atoms with Gasteiger partial charge < -0.3 is 4.74 Å². The molecule has 0 amide bonds. The molecule has 0 bridgehead atoms. The maximum absolute atomic E-state index is 6.11. The average Bonchev–Trinajstić information content (AvgIpc) is 2.13. The van der Waals surface area contributed by atoms with Gasteiger partial charge in [0.05, 0.1) is 12.0 Å². The molecule has 1 aromatic rings. The normalized spacial score (nSPS) is 10.3. The second-order valence-corrected chi connectivity index (χ2v) is 3.90. The van der Waals surface area contributed by atoms with E-state index in [1.807, 2.05) is 20.8 Å². The molecule has 13 heavy (non-hydrogen) atoms. The summed E-state index contributed by atoms with van der Waals surface area (Å²) in [7, 11) is 1.65. The van der Waals surface area contributed by atoms with Crippen molar-refractivity contribution in [2.45, 2.75) is 25.7 Å². The van der Waals surface area contributed by atoms with Gasteiger partial charge in [-0.15, -0.1) is 12.6 Å². The lowest BCUT2D eigenvalue weighted by molar-refractivity contribution is 0.400. The molecule has 0 unspecified atom stereocenters. The molecule has 0 aliphatic carbocycles. The second kappa shape index (κ2) is 3.81. The van der Waals surface area contributed by atoms with Gasteiger partial charge in [-0.2, -0.15) is 0 Å². The van der Waals surface area contributed by atoms with E-state index in [0.29, 0.717) is 0 Å². The number of rotatable bonds is 1. The van der Waals surface area contributed by atoms with Gasteiger partial charge in [-0.3, -0.25) is 0 Å². The van der Waals surface area contributed by atoms with Crippen molar-refractivity contribution in [3.05, 3.63) is 21.7 Å². The molecule has 1 rings (SSSR count). The van der Waals surface area contributed by atoms with Crippen LogP contribution in [-0.4, -0.2) is 7.11 Å². The Morgan fingerprint density at radius 1 is 1.08 bits per heavy atom. The number of hydrogen-bond donors (Lipinski definition) is 1. The number of methoxy groups -OCH3 is 1. The predicted molar refractivity (Wildman–Crippen MR) is 59.5 cm³/mol. The Morgan fingerprint density at radius 2 is 1.62 bits per heavy atom. The van der Waals surface area contributed by atoms with Crippen LogP contribution in [0.4, 0.5) is 0 Å². The Labute approximate surface area is 89.5 Å². The minimum Gasteiger partial charge on any atom is -0.495 e. The van der Waals surface area contributed by atoms with Crippen LogP contribution >= 0.6 is 24.2 Å². The van der Waals surface area contributed by atoms with Crippen LogP contribution in [-0.2, 0) is 0 Å². The molecule has 0 aliphatic rings. The maximum atomic E-state index is 6.11. The molecule has 0 spiro atoms. The Bertz CT molecular complexity index is 318. The zero-order chi connectivity index (χ0) is 10.2. The van der Waals surface area contributed by atoms with E-state index in [-0.39, 0.29) is 0 Å². The van der Waals surface area contributed by atoms with Crippen molar-refractivity contribution in [1.82, 2.24) is 0 Å². The van der Waals surface area contributed by atoms with E-state index in [1.54, 1.807) is 7.11 Å². The molecule has 0 saturated carbocycles. The molecule has 3 heteroatoms. The van der Waals surface area contributed by atoms with Gasteiger partial charge in [-0.25, -0.2) is 0 Å². The third kappa shape index (κ3) is 1.65. The Morgan fingerprint density at radius 3 is 2.08 bits per heavy atom. The summed E-state index contributed by atoms with van der Waals surface area (Å²) in [6, 6.07) is 0. The number of benzene rings is 1. The lowest BCUT2D eigenvalue weighted by atomic mass is 10.1. The summed E-state index contributed by atoms with van der Waals surface area (Å²) >= 11 is 10.5. The fraction of sp³-hybridized carbons (Fsp3) is 0.400. The molecule has 0 aromatic heterocycles. The van der Waals surface area contributed by atoms with E-state index in [9.17, 15) is 0 Å². The van der Waals surface area contributed by atoms with Crippen molar-refractivity contribution < 1.29 is 4.74 Å². The standard InChI is InChI=1S/C10H13ClOS/c1-5-6(2)9(12-4)10(13)7(3)8(5)11/h13H,1-4H3. The molecule has 72 valence electrons. The summed E-state index contributed by atoms with van der Waals surface area (Å²) < 4.78 is 5.26. The van der Waals surface area contributed by atoms with Crippen molar-refractivity contribution in [1.29, 1.82) is 0 Å². The number of thiol groups is 1. The van der Waals surface area contributed by atoms with Crippen LogP contribution < -0.4 is 4.74 Å². The SMILES string of the molecule is COc1c(C)c(C)c(Cl)c(C)c1S. The van der Waals surface area contributed by atoms with Crippen LogP contribution in [0, 0.1) is 20.8 Å². The number of ether oxygens (including phenoxy) is 1. The minimum atomic E-state index is 0.781. The van der Waals surface area contributed by atoms with Gasteiger partial charge in [-0.05, 0) is 37.5 Å². The first kappa shape index (κ1) is 10.7. The van der Waals surface area contributed by atoms with E-state index < -0.39 is 0 Å². The first-order valence-electron chi connectivity index (χ1n) is 4.02. The lowest BCUT2D eigenvalue weighted by Gasteiger charge is -2.15. The van der Waals surface area contributed by atoms with Crippen molar-refractivity contribution in [3.8, 4) is 5.75 Å². The van der Waals surface area contributed by atoms with Crippen molar-refractivity contribution >= 4 is 24.2 Å². The highest BCUT2D eigenvalue weighted by molar-refractivity contribution is 7.80. The van der Waals surface area contributed by atoms with E-state index >= 15 is 0 Å². The molecule has 0 aliphatic heterocycles. The summed E-state index contributed by atoms with van der Waals surface area (Å²) in [6.45, 7) is 5.92. The Balaban J connectivity index is 3.56. The van der Waals surface area contributed by atoms with Crippen LogP contribution in [0.1, 0.15) is 16.7 Å². The molecular weight excluding hydrogens is 204 g/mol. The highest BCUT2D eigenvalue weighted by Gasteiger charge is 2.13. The van der Waals surface area contributed by atoms with Crippen LogP contribution in [0.25, 0.3) is 0 Å². The van der Waals surface area contributed by atoms with Crippen LogP contribution in [0.15, 0.2) is 4.90 Å². The molecule has 0 radical (unpaired) electrons. The van der Waals surface area contributed by atoms with Crippen molar-refractivity contribution in [3.63, 3.8) is 0 Å². The highest BCUT2D eigenvalue weighted by Crippen LogP contribution is 2.37. The quantitative estimate of drug-likeness (QED) is 0.707. The molecule has 0 N–H and O–H groups in total.